The maximum Gasteiger partial charge on any atom is 0.258 e. The van der Waals surface area contributed by atoms with E-state index in [1.807, 2.05) is 0 Å². The molecule has 0 radical (unpaired) electrons. The van der Waals surface area contributed by atoms with Gasteiger partial charge in [-0.15, -0.1) is 0 Å². The number of rotatable bonds is 3. The molecular formula is C15H10ClFN2O2. The van der Waals surface area contributed by atoms with Gasteiger partial charge in [0, 0.05) is 0 Å². The summed E-state index contributed by atoms with van der Waals surface area (Å²) in [6, 6.07) is 10.9. The average molecular weight is 305 g/mol. The molecule has 0 bridgehead atoms. The second-order valence-electron chi connectivity index (χ2n) is 4.39. The molecule has 4 nitrogen and oxygen atoms in total. The molecule has 2 aromatic carbocycles. The maximum atomic E-state index is 12.9. The molecule has 1 aromatic heterocycles. The number of H-pyrrole nitrogens is 1. The Morgan fingerprint density at radius 3 is 2.86 bits per heavy atom. The first-order chi connectivity index (χ1) is 10.1. The molecule has 106 valence electrons. The minimum atomic E-state index is -0.440. The third-order valence-corrected chi connectivity index (χ3v) is 3.22. The summed E-state index contributed by atoms with van der Waals surface area (Å²) in [5, 5.41) is 0.680. The van der Waals surface area contributed by atoms with E-state index < -0.39 is 5.82 Å². The zero-order valence-electron chi connectivity index (χ0n) is 10.8. The predicted molar refractivity (Wildman–Crippen MR) is 78.1 cm³/mol. The first kappa shape index (κ1) is 13.6. The largest absolute Gasteiger partial charge is 0.484 e. The van der Waals surface area contributed by atoms with Gasteiger partial charge in [-0.1, -0.05) is 23.7 Å². The summed E-state index contributed by atoms with van der Waals surface area (Å²) in [6.45, 7) is 0.0332. The van der Waals surface area contributed by atoms with E-state index in [9.17, 15) is 9.18 Å². The molecule has 0 spiro atoms. The number of hydrogen-bond acceptors (Lipinski definition) is 3. The molecule has 1 N–H and O–H groups in total. The fraction of sp³-hybridized carbons (Fsp3) is 0.0667. The van der Waals surface area contributed by atoms with Crippen LogP contribution in [0.15, 0.2) is 47.3 Å². The van der Waals surface area contributed by atoms with Gasteiger partial charge in [0.2, 0.25) is 0 Å². The molecule has 0 amide bonds. The minimum Gasteiger partial charge on any atom is -0.484 e. The lowest BCUT2D eigenvalue weighted by Gasteiger charge is -2.08. The van der Waals surface area contributed by atoms with Crippen LogP contribution < -0.4 is 10.3 Å². The number of fused-ring (bicyclic) bond motifs is 1. The van der Waals surface area contributed by atoms with E-state index >= 15 is 0 Å². The van der Waals surface area contributed by atoms with Gasteiger partial charge >= 0.3 is 0 Å². The molecule has 3 aromatic rings. The summed E-state index contributed by atoms with van der Waals surface area (Å²) in [5.74, 6) is 0.262. The Morgan fingerprint density at radius 2 is 2.05 bits per heavy atom. The van der Waals surface area contributed by atoms with Crippen LogP contribution in [0.5, 0.6) is 5.75 Å². The molecular weight excluding hydrogens is 295 g/mol. The second kappa shape index (κ2) is 5.54. The number of ether oxygens (including phenoxy) is 1. The van der Waals surface area contributed by atoms with Gasteiger partial charge in [0.05, 0.1) is 15.9 Å². The predicted octanol–water partition coefficient (Wildman–Crippen LogP) is 3.29. The molecule has 21 heavy (non-hydrogen) atoms. The van der Waals surface area contributed by atoms with Gasteiger partial charge in [-0.25, -0.2) is 9.37 Å². The van der Waals surface area contributed by atoms with Crippen LogP contribution in [-0.2, 0) is 6.61 Å². The Morgan fingerprint density at radius 1 is 1.24 bits per heavy atom. The van der Waals surface area contributed by atoms with E-state index in [0.717, 1.165) is 6.07 Å². The van der Waals surface area contributed by atoms with Gasteiger partial charge in [-0.05, 0) is 30.3 Å². The molecule has 0 aliphatic carbocycles. The standard InChI is InChI=1S/C15H10ClFN2O2/c16-11-7-9(17)5-6-13(11)21-8-14-18-12-4-2-1-3-10(12)15(20)19-14/h1-7H,8H2,(H,18,19,20). The highest BCUT2D eigenvalue weighted by atomic mass is 35.5. The molecule has 0 fully saturated rings. The Bertz CT molecular complexity index is 864. The van der Waals surface area contributed by atoms with Crippen LogP contribution in [-0.4, -0.2) is 9.97 Å². The van der Waals surface area contributed by atoms with Crippen molar-refractivity contribution in [2.24, 2.45) is 0 Å². The number of aromatic nitrogens is 2. The van der Waals surface area contributed by atoms with E-state index in [1.54, 1.807) is 24.3 Å². The van der Waals surface area contributed by atoms with Crippen molar-refractivity contribution < 1.29 is 9.13 Å². The summed E-state index contributed by atoms with van der Waals surface area (Å²) in [5.41, 5.74) is 0.356. The minimum absolute atomic E-state index is 0.0332. The monoisotopic (exact) mass is 304 g/mol. The number of para-hydroxylation sites is 1. The number of halogens is 2. The second-order valence-corrected chi connectivity index (χ2v) is 4.80. The third kappa shape index (κ3) is 2.87. The fourth-order valence-electron chi connectivity index (χ4n) is 1.94. The Labute approximate surface area is 124 Å². The number of hydrogen-bond donors (Lipinski definition) is 1. The van der Waals surface area contributed by atoms with Gasteiger partial charge in [-0.3, -0.25) is 4.79 Å². The molecule has 0 unspecified atom stereocenters. The highest BCUT2D eigenvalue weighted by molar-refractivity contribution is 6.32. The number of benzene rings is 2. The van der Waals surface area contributed by atoms with E-state index in [0.29, 0.717) is 22.5 Å². The third-order valence-electron chi connectivity index (χ3n) is 2.92. The SMILES string of the molecule is O=c1[nH]c(COc2ccc(F)cc2Cl)nc2ccccc12. The van der Waals surface area contributed by atoms with Crippen molar-refractivity contribution in [1.82, 2.24) is 9.97 Å². The van der Waals surface area contributed by atoms with Crippen LogP contribution >= 0.6 is 11.6 Å². The summed E-state index contributed by atoms with van der Waals surface area (Å²) < 4.78 is 18.4. The fourth-order valence-corrected chi connectivity index (χ4v) is 2.16. The lowest BCUT2D eigenvalue weighted by Crippen LogP contribution is -2.13. The van der Waals surface area contributed by atoms with Crippen LogP contribution in [0, 0.1) is 5.82 Å². The van der Waals surface area contributed by atoms with Crippen molar-refractivity contribution in [1.29, 1.82) is 0 Å². The molecule has 0 saturated carbocycles. The molecule has 1 heterocycles. The van der Waals surface area contributed by atoms with Crippen LogP contribution in [0.25, 0.3) is 10.9 Å². The first-order valence-electron chi connectivity index (χ1n) is 6.19. The topological polar surface area (TPSA) is 55.0 Å². The summed E-state index contributed by atoms with van der Waals surface area (Å²) in [7, 11) is 0. The van der Waals surface area contributed by atoms with Crippen molar-refractivity contribution >= 4 is 22.5 Å². The van der Waals surface area contributed by atoms with Crippen molar-refractivity contribution in [3.8, 4) is 5.75 Å². The van der Waals surface area contributed by atoms with Crippen molar-refractivity contribution in [2.45, 2.75) is 6.61 Å². The number of nitrogens with one attached hydrogen (secondary N) is 1. The van der Waals surface area contributed by atoms with E-state index in [1.165, 1.54) is 12.1 Å². The van der Waals surface area contributed by atoms with E-state index in [2.05, 4.69) is 9.97 Å². The Balaban J connectivity index is 1.87. The average Bonchev–Trinajstić information content (AvgIpc) is 2.46. The lowest BCUT2D eigenvalue weighted by molar-refractivity contribution is 0.296. The highest BCUT2D eigenvalue weighted by Crippen LogP contribution is 2.25. The van der Waals surface area contributed by atoms with Gasteiger partial charge in [0.15, 0.2) is 0 Å². The Kier molecular flexibility index (Phi) is 3.58. The number of aromatic amines is 1. The van der Waals surface area contributed by atoms with Crippen LogP contribution in [0.3, 0.4) is 0 Å². The van der Waals surface area contributed by atoms with Crippen LogP contribution in [0.4, 0.5) is 4.39 Å². The van der Waals surface area contributed by atoms with Crippen molar-refractivity contribution in [3.63, 3.8) is 0 Å². The van der Waals surface area contributed by atoms with Crippen LogP contribution in [0.1, 0.15) is 5.82 Å². The highest BCUT2D eigenvalue weighted by Gasteiger charge is 2.06. The number of nitrogens with zero attached hydrogens (tertiary/aromatic N) is 1. The normalized spacial score (nSPS) is 10.8. The Hall–Kier alpha value is -2.40. The molecule has 3 rings (SSSR count). The molecule has 0 aliphatic rings. The van der Waals surface area contributed by atoms with Crippen molar-refractivity contribution in [2.75, 3.05) is 0 Å². The van der Waals surface area contributed by atoms with E-state index in [-0.39, 0.29) is 17.2 Å². The quantitative estimate of drug-likeness (QED) is 0.808. The van der Waals surface area contributed by atoms with Gasteiger partial charge in [0.1, 0.15) is 24.0 Å². The lowest BCUT2D eigenvalue weighted by atomic mass is 10.2. The summed E-state index contributed by atoms with van der Waals surface area (Å²) >= 11 is 5.86. The maximum absolute atomic E-state index is 12.9. The van der Waals surface area contributed by atoms with Gasteiger partial charge < -0.3 is 9.72 Å². The van der Waals surface area contributed by atoms with Crippen molar-refractivity contribution in [3.05, 3.63) is 69.5 Å². The molecule has 0 atom stereocenters. The van der Waals surface area contributed by atoms with Gasteiger partial charge in [0.25, 0.3) is 5.56 Å². The van der Waals surface area contributed by atoms with Gasteiger partial charge in [-0.2, -0.15) is 0 Å². The molecule has 0 saturated heterocycles. The molecule has 6 heteroatoms. The summed E-state index contributed by atoms with van der Waals surface area (Å²) in [6.07, 6.45) is 0. The smallest absolute Gasteiger partial charge is 0.258 e. The van der Waals surface area contributed by atoms with E-state index in [4.69, 9.17) is 16.3 Å². The zero-order chi connectivity index (χ0) is 14.8. The van der Waals surface area contributed by atoms with Crippen LogP contribution in [0.2, 0.25) is 5.02 Å². The molecule has 0 aliphatic heterocycles. The zero-order valence-corrected chi connectivity index (χ0v) is 11.5. The first-order valence-corrected chi connectivity index (χ1v) is 6.57. The summed E-state index contributed by atoms with van der Waals surface area (Å²) in [4.78, 5) is 18.8.